The zero-order valence-electron chi connectivity index (χ0n) is 8.55. The molecule has 12 heavy (non-hydrogen) atoms. The minimum atomic E-state index is 0.921. The number of rotatable bonds is 4. The predicted molar refractivity (Wildman–Crippen MR) is 54.0 cm³/mol. The molecule has 1 fully saturated rings. The Morgan fingerprint density at radius 2 is 2.33 bits per heavy atom. The van der Waals surface area contributed by atoms with E-state index in [1.54, 1.807) is 0 Å². The molecule has 0 aromatic carbocycles. The molecule has 0 N–H and O–H groups in total. The molecule has 0 saturated carbocycles. The Morgan fingerprint density at radius 3 is 2.92 bits per heavy atom. The van der Waals surface area contributed by atoms with Crippen molar-refractivity contribution in [1.29, 1.82) is 0 Å². The van der Waals surface area contributed by atoms with Gasteiger partial charge < -0.3 is 4.48 Å². The van der Waals surface area contributed by atoms with Crippen molar-refractivity contribution in [1.82, 2.24) is 0 Å². The predicted octanol–water partition coefficient (Wildman–Crippen LogP) is 2.58. The van der Waals surface area contributed by atoms with Crippen LogP contribution in [0.25, 0.3) is 0 Å². The van der Waals surface area contributed by atoms with Crippen LogP contribution in [-0.4, -0.2) is 30.7 Å². The molecule has 0 aromatic rings. The van der Waals surface area contributed by atoms with Crippen molar-refractivity contribution in [3.05, 3.63) is 12.7 Å². The average molecular weight is 168 g/mol. The first-order valence-corrected chi connectivity index (χ1v) is 5.18. The monoisotopic (exact) mass is 168 g/mol. The lowest BCUT2D eigenvalue weighted by atomic mass is 10.1. The normalized spacial score (nSPS) is 35.3. The van der Waals surface area contributed by atoms with Crippen molar-refractivity contribution in [2.45, 2.75) is 38.6 Å². The molecule has 2 atom stereocenters. The van der Waals surface area contributed by atoms with Crippen molar-refractivity contribution in [3.63, 3.8) is 0 Å². The number of nitrogens with zero attached hydrogens (tertiary/aromatic N) is 1. The van der Waals surface area contributed by atoms with Gasteiger partial charge >= 0.3 is 0 Å². The SMILES string of the molecule is C=CCC[N+]1(C)CCC[C@H]1CC. The fourth-order valence-electron chi connectivity index (χ4n) is 2.51. The van der Waals surface area contributed by atoms with E-state index >= 15 is 0 Å². The summed E-state index contributed by atoms with van der Waals surface area (Å²) in [4.78, 5) is 0. The maximum atomic E-state index is 3.79. The van der Waals surface area contributed by atoms with Gasteiger partial charge in [-0.25, -0.2) is 0 Å². The van der Waals surface area contributed by atoms with E-state index in [1.165, 1.54) is 43.3 Å². The Hall–Kier alpha value is -0.300. The highest BCUT2D eigenvalue weighted by atomic mass is 15.4. The number of hydrogen-bond donors (Lipinski definition) is 0. The maximum Gasteiger partial charge on any atom is 0.0887 e. The highest BCUT2D eigenvalue weighted by Gasteiger charge is 2.35. The summed E-state index contributed by atoms with van der Waals surface area (Å²) in [7, 11) is 2.41. The molecule has 1 heterocycles. The van der Waals surface area contributed by atoms with Crippen LogP contribution in [0.4, 0.5) is 0 Å². The van der Waals surface area contributed by atoms with E-state index < -0.39 is 0 Å². The first-order valence-electron chi connectivity index (χ1n) is 5.18. The van der Waals surface area contributed by atoms with Crippen molar-refractivity contribution in [2.75, 3.05) is 20.1 Å². The molecule has 0 amide bonds. The molecule has 0 aliphatic carbocycles. The van der Waals surface area contributed by atoms with E-state index in [0.29, 0.717) is 0 Å². The number of likely N-dealkylation sites (tertiary alicyclic amines) is 1. The topological polar surface area (TPSA) is 0 Å². The van der Waals surface area contributed by atoms with Crippen LogP contribution in [-0.2, 0) is 0 Å². The summed E-state index contributed by atoms with van der Waals surface area (Å²) < 4.78 is 1.29. The van der Waals surface area contributed by atoms with Gasteiger partial charge in [0.05, 0.1) is 26.2 Å². The quantitative estimate of drug-likeness (QED) is 0.447. The lowest BCUT2D eigenvalue weighted by Crippen LogP contribution is -2.48. The average Bonchev–Trinajstić information content (AvgIpc) is 2.44. The van der Waals surface area contributed by atoms with Crippen LogP contribution >= 0.6 is 0 Å². The van der Waals surface area contributed by atoms with Crippen LogP contribution in [0, 0.1) is 0 Å². The molecule has 1 saturated heterocycles. The van der Waals surface area contributed by atoms with Gasteiger partial charge in [-0.1, -0.05) is 13.0 Å². The summed E-state index contributed by atoms with van der Waals surface area (Å²) in [6.07, 6.45) is 7.42. The number of hydrogen-bond acceptors (Lipinski definition) is 0. The Morgan fingerprint density at radius 1 is 1.58 bits per heavy atom. The molecular weight excluding hydrogens is 146 g/mol. The molecule has 1 heteroatoms. The van der Waals surface area contributed by atoms with E-state index in [4.69, 9.17) is 0 Å². The van der Waals surface area contributed by atoms with Gasteiger partial charge in [0.1, 0.15) is 0 Å². The van der Waals surface area contributed by atoms with E-state index in [-0.39, 0.29) is 0 Å². The summed E-state index contributed by atoms with van der Waals surface area (Å²) in [5.41, 5.74) is 0. The molecule has 1 unspecified atom stereocenters. The molecule has 0 spiro atoms. The largest absolute Gasteiger partial charge is 0.323 e. The summed E-state index contributed by atoms with van der Waals surface area (Å²) >= 11 is 0. The van der Waals surface area contributed by atoms with Gasteiger partial charge in [0, 0.05) is 19.3 Å². The van der Waals surface area contributed by atoms with Gasteiger partial charge in [0.25, 0.3) is 0 Å². The fourth-order valence-corrected chi connectivity index (χ4v) is 2.51. The van der Waals surface area contributed by atoms with E-state index in [9.17, 15) is 0 Å². The van der Waals surface area contributed by atoms with Crippen LogP contribution in [0.5, 0.6) is 0 Å². The first-order chi connectivity index (χ1) is 5.73. The van der Waals surface area contributed by atoms with Gasteiger partial charge in [-0.15, -0.1) is 6.58 Å². The third kappa shape index (κ3) is 1.89. The molecule has 1 aliphatic rings. The highest BCUT2D eigenvalue weighted by Crippen LogP contribution is 2.27. The molecule has 0 radical (unpaired) electrons. The molecular formula is C11H22N+. The second-order valence-electron chi connectivity index (χ2n) is 4.21. The Bertz CT molecular complexity index is 153. The van der Waals surface area contributed by atoms with Gasteiger partial charge in [0.2, 0.25) is 0 Å². The van der Waals surface area contributed by atoms with Crippen LogP contribution in [0.3, 0.4) is 0 Å². The fraction of sp³-hybridized carbons (Fsp3) is 0.818. The molecule has 70 valence electrons. The van der Waals surface area contributed by atoms with E-state index in [1.807, 2.05) is 0 Å². The molecule has 1 rings (SSSR count). The molecule has 0 bridgehead atoms. The van der Waals surface area contributed by atoms with Gasteiger partial charge in [-0.2, -0.15) is 0 Å². The highest BCUT2D eigenvalue weighted by molar-refractivity contribution is 4.70. The van der Waals surface area contributed by atoms with Crippen LogP contribution in [0.1, 0.15) is 32.6 Å². The lowest BCUT2D eigenvalue weighted by molar-refractivity contribution is -0.920. The minimum absolute atomic E-state index is 0.921. The zero-order valence-corrected chi connectivity index (χ0v) is 8.55. The summed E-state index contributed by atoms with van der Waals surface area (Å²) in [5, 5.41) is 0. The Balaban J connectivity index is 2.48. The minimum Gasteiger partial charge on any atom is -0.323 e. The second kappa shape index (κ2) is 4.08. The summed E-state index contributed by atoms with van der Waals surface area (Å²) in [6, 6.07) is 0.921. The second-order valence-corrected chi connectivity index (χ2v) is 4.21. The first kappa shape index (κ1) is 9.79. The molecule has 1 nitrogen and oxygen atoms in total. The zero-order chi connectivity index (χ0) is 9.03. The van der Waals surface area contributed by atoms with Crippen molar-refractivity contribution in [3.8, 4) is 0 Å². The number of quaternary nitrogens is 1. The van der Waals surface area contributed by atoms with Crippen LogP contribution in [0.15, 0.2) is 12.7 Å². The molecule has 0 aromatic heterocycles. The van der Waals surface area contributed by atoms with Gasteiger partial charge in [-0.05, 0) is 6.42 Å². The van der Waals surface area contributed by atoms with E-state index in [2.05, 4.69) is 26.6 Å². The lowest BCUT2D eigenvalue weighted by Gasteiger charge is -2.35. The summed E-state index contributed by atoms with van der Waals surface area (Å²) in [5.74, 6) is 0. The van der Waals surface area contributed by atoms with E-state index in [0.717, 1.165) is 6.04 Å². The smallest absolute Gasteiger partial charge is 0.0887 e. The van der Waals surface area contributed by atoms with Crippen LogP contribution in [0.2, 0.25) is 0 Å². The Kier molecular flexibility index (Phi) is 3.33. The van der Waals surface area contributed by atoms with Crippen LogP contribution < -0.4 is 0 Å². The summed E-state index contributed by atoms with van der Waals surface area (Å²) in [6.45, 7) is 8.79. The van der Waals surface area contributed by atoms with Gasteiger partial charge in [-0.3, -0.25) is 0 Å². The standard InChI is InChI=1S/C11H22N/c1-4-6-9-12(3)10-7-8-11(12)5-2/h4,11H,1,5-10H2,2-3H3/q+1/t11-,12?/m1/s1. The Labute approximate surface area is 76.7 Å². The maximum absolute atomic E-state index is 3.79. The van der Waals surface area contributed by atoms with Gasteiger partial charge in [0.15, 0.2) is 0 Å². The third-order valence-electron chi connectivity index (χ3n) is 3.40. The van der Waals surface area contributed by atoms with Crippen molar-refractivity contribution >= 4 is 0 Å². The van der Waals surface area contributed by atoms with Crippen molar-refractivity contribution in [2.24, 2.45) is 0 Å². The van der Waals surface area contributed by atoms with Crippen molar-refractivity contribution < 1.29 is 4.48 Å². The molecule has 1 aliphatic heterocycles. The third-order valence-corrected chi connectivity index (χ3v) is 3.40.